The maximum atomic E-state index is 5.93. The standard InChI is InChI=1S/C17H23ClN2S/c1-2-3-4-17(9-11-20-12-10-19-14-20)21-13-15-5-7-16(18)8-6-15/h5-8,10,12,14,17H,2-4,9,11,13H2,1H3. The molecular weight excluding hydrogens is 300 g/mol. The highest BCUT2D eigenvalue weighted by Gasteiger charge is 2.09. The van der Waals surface area contributed by atoms with E-state index in [4.69, 9.17) is 11.6 Å². The SMILES string of the molecule is CCCCC(CCn1ccnc1)SCc1ccc(Cl)cc1. The van der Waals surface area contributed by atoms with Crippen LogP contribution >= 0.6 is 23.4 Å². The summed E-state index contributed by atoms with van der Waals surface area (Å²) in [5.41, 5.74) is 1.36. The van der Waals surface area contributed by atoms with Gasteiger partial charge in [0, 0.05) is 35.0 Å². The highest BCUT2D eigenvalue weighted by molar-refractivity contribution is 7.99. The lowest BCUT2D eigenvalue weighted by Crippen LogP contribution is -2.08. The van der Waals surface area contributed by atoms with Gasteiger partial charge in [0.25, 0.3) is 0 Å². The number of imidazole rings is 1. The van der Waals surface area contributed by atoms with Crippen molar-refractivity contribution in [1.29, 1.82) is 0 Å². The molecule has 0 spiro atoms. The highest BCUT2D eigenvalue weighted by atomic mass is 35.5. The molecule has 0 aliphatic carbocycles. The molecular formula is C17H23ClN2S. The van der Waals surface area contributed by atoms with Gasteiger partial charge in [-0.25, -0.2) is 4.98 Å². The van der Waals surface area contributed by atoms with Gasteiger partial charge in [-0.2, -0.15) is 11.8 Å². The molecule has 1 aromatic heterocycles. The zero-order valence-electron chi connectivity index (χ0n) is 12.5. The van der Waals surface area contributed by atoms with Crippen molar-refractivity contribution in [2.75, 3.05) is 0 Å². The second-order valence-corrected chi connectivity index (χ2v) is 7.02. The van der Waals surface area contributed by atoms with Crippen LogP contribution in [0.1, 0.15) is 38.2 Å². The maximum absolute atomic E-state index is 5.93. The van der Waals surface area contributed by atoms with Crippen molar-refractivity contribution in [3.63, 3.8) is 0 Å². The van der Waals surface area contributed by atoms with Gasteiger partial charge in [0.05, 0.1) is 6.33 Å². The third-order valence-electron chi connectivity index (χ3n) is 3.55. The summed E-state index contributed by atoms with van der Waals surface area (Å²) in [4.78, 5) is 4.11. The molecule has 0 amide bonds. The van der Waals surface area contributed by atoms with Crippen molar-refractivity contribution in [3.05, 3.63) is 53.6 Å². The number of aromatic nitrogens is 2. The molecule has 1 atom stereocenters. The summed E-state index contributed by atoms with van der Waals surface area (Å²) in [5, 5.41) is 1.52. The second kappa shape index (κ2) is 9.16. The fourth-order valence-electron chi connectivity index (χ4n) is 2.25. The Bertz CT molecular complexity index is 496. The highest BCUT2D eigenvalue weighted by Crippen LogP contribution is 2.26. The van der Waals surface area contributed by atoms with Crippen molar-refractivity contribution in [2.45, 2.75) is 50.2 Å². The van der Waals surface area contributed by atoms with Crippen LogP contribution in [0.4, 0.5) is 0 Å². The molecule has 1 aromatic carbocycles. The summed E-state index contributed by atoms with van der Waals surface area (Å²) in [6, 6.07) is 8.21. The van der Waals surface area contributed by atoms with Gasteiger partial charge in [0.2, 0.25) is 0 Å². The zero-order valence-corrected chi connectivity index (χ0v) is 14.1. The van der Waals surface area contributed by atoms with E-state index in [0.29, 0.717) is 5.25 Å². The number of unbranched alkanes of at least 4 members (excludes halogenated alkanes) is 1. The van der Waals surface area contributed by atoms with Crippen molar-refractivity contribution in [1.82, 2.24) is 9.55 Å². The first-order valence-electron chi connectivity index (χ1n) is 7.59. The van der Waals surface area contributed by atoms with E-state index in [1.54, 1.807) is 0 Å². The Kier molecular flexibility index (Phi) is 7.17. The lowest BCUT2D eigenvalue weighted by molar-refractivity contribution is 0.580. The monoisotopic (exact) mass is 322 g/mol. The molecule has 0 radical (unpaired) electrons. The average Bonchev–Trinajstić information content (AvgIpc) is 3.01. The van der Waals surface area contributed by atoms with Crippen molar-refractivity contribution < 1.29 is 0 Å². The van der Waals surface area contributed by atoms with E-state index in [0.717, 1.165) is 17.3 Å². The number of halogens is 1. The minimum Gasteiger partial charge on any atom is -0.337 e. The first-order chi connectivity index (χ1) is 10.3. The van der Waals surface area contributed by atoms with Gasteiger partial charge in [-0.15, -0.1) is 0 Å². The van der Waals surface area contributed by atoms with Gasteiger partial charge < -0.3 is 4.57 Å². The molecule has 0 aliphatic rings. The number of thioether (sulfide) groups is 1. The van der Waals surface area contributed by atoms with Crippen LogP contribution in [0, 0.1) is 0 Å². The van der Waals surface area contributed by atoms with E-state index in [2.05, 4.69) is 40.4 Å². The van der Waals surface area contributed by atoms with Crippen LogP contribution < -0.4 is 0 Å². The fraction of sp³-hybridized carbons (Fsp3) is 0.471. The van der Waals surface area contributed by atoms with Crippen molar-refractivity contribution >= 4 is 23.4 Å². The molecule has 0 N–H and O–H groups in total. The lowest BCUT2D eigenvalue weighted by Gasteiger charge is -2.16. The van der Waals surface area contributed by atoms with E-state index in [9.17, 15) is 0 Å². The first kappa shape index (κ1) is 16.4. The molecule has 114 valence electrons. The van der Waals surface area contributed by atoms with E-state index >= 15 is 0 Å². The Labute approximate surface area is 136 Å². The number of hydrogen-bond donors (Lipinski definition) is 0. The Hall–Kier alpha value is -0.930. The van der Waals surface area contributed by atoms with E-state index < -0.39 is 0 Å². The summed E-state index contributed by atoms with van der Waals surface area (Å²) < 4.78 is 2.17. The minimum atomic E-state index is 0.711. The van der Waals surface area contributed by atoms with Crippen molar-refractivity contribution in [3.8, 4) is 0 Å². The molecule has 1 heterocycles. The molecule has 0 saturated carbocycles. The Morgan fingerprint density at radius 2 is 2.05 bits per heavy atom. The molecule has 0 aliphatic heterocycles. The quantitative estimate of drug-likeness (QED) is 0.613. The number of benzene rings is 1. The lowest BCUT2D eigenvalue weighted by atomic mass is 10.1. The molecule has 0 bridgehead atoms. The third kappa shape index (κ3) is 6.15. The summed E-state index contributed by atoms with van der Waals surface area (Å²) in [5.74, 6) is 1.06. The van der Waals surface area contributed by atoms with Gasteiger partial charge in [-0.05, 0) is 30.5 Å². The Balaban J connectivity index is 1.81. The summed E-state index contributed by atoms with van der Waals surface area (Å²) in [6.07, 6.45) is 10.9. The average molecular weight is 323 g/mol. The van der Waals surface area contributed by atoms with Gasteiger partial charge in [0.15, 0.2) is 0 Å². The minimum absolute atomic E-state index is 0.711. The van der Waals surface area contributed by atoms with Crippen LogP contribution in [0.2, 0.25) is 5.02 Å². The maximum Gasteiger partial charge on any atom is 0.0945 e. The van der Waals surface area contributed by atoms with Gasteiger partial charge in [-0.1, -0.05) is 43.5 Å². The number of aryl methyl sites for hydroxylation is 1. The molecule has 1 unspecified atom stereocenters. The summed E-state index contributed by atoms with van der Waals surface area (Å²) in [7, 11) is 0. The number of hydrogen-bond acceptors (Lipinski definition) is 2. The van der Waals surface area contributed by atoms with Gasteiger partial charge >= 0.3 is 0 Å². The van der Waals surface area contributed by atoms with Crippen LogP contribution in [0.15, 0.2) is 43.0 Å². The topological polar surface area (TPSA) is 17.8 Å². The van der Waals surface area contributed by atoms with Crippen LogP contribution in [-0.2, 0) is 12.3 Å². The molecule has 0 saturated heterocycles. The predicted molar refractivity (Wildman–Crippen MR) is 92.9 cm³/mol. The van der Waals surface area contributed by atoms with E-state index in [1.165, 1.54) is 31.2 Å². The third-order valence-corrected chi connectivity index (χ3v) is 5.24. The van der Waals surface area contributed by atoms with Crippen molar-refractivity contribution in [2.24, 2.45) is 0 Å². The van der Waals surface area contributed by atoms with E-state index in [1.807, 2.05) is 30.9 Å². The molecule has 2 nitrogen and oxygen atoms in total. The first-order valence-corrected chi connectivity index (χ1v) is 9.02. The predicted octanol–water partition coefficient (Wildman–Crippen LogP) is 5.42. The Morgan fingerprint density at radius 1 is 1.24 bits per heavy atom. The smallest absolute Gasteiger partial charge is 0.0945 e. The van der Waals surface area contributed by atoms with Crippen LogP contribution in [0.5, 0.6) is 0 Å². The van der Waals surface area contributed by atoms with Gasteiger partial charge in [-0.3, -0.25) is 0 Å². The fourth-order valence-corrected chi connectivity index (χ4v) is 3.60. The molecule has 2 aromatic rings. The summed E-state index contributed by atoms with van der Waals surface area (Å²) in [6.45, 7) is 3.32. The Morgan fingerprint density at radius 3 is 2.71 bits per heavy atom. The zero-order chi connectivity index (χ0) is 14.9. The molecule has 2 rings (SSSR count). The van der Waals surface area contributed by atoms with Crippen LogP contribution in [0.25, 0.3) is 0 Å². The molecule has 21 heavy (non-hydrogen) atoms. The van der Waals surface area contributed by atoms with E-state index in [-0.39, 0.29) is 0 Å². The summed E-state index contributed by atoms with van der Waals surface area (Å²) >= 11 is 8.00. The second-order valence-electron chi connectivity index (χ2n) is 5.29. The van der Waals surface area contributed by atoms with Crippen LogP contribution in [-0.4, -0.2) is 14.8 Å². The molecule has 0 fully saturated rings. The van der Waals surface area contributed by atoms with Crippen LogP contribution in [0.3, 0.4) is 0 Å². The number of nitrogens with zero attached hydrogens (tertiary/aromatic N) is 2. The molecule has 4 heteroatoms. The number of rotatable bonds is 9. The normalized spacial score (nSPS) is 12.5. The largest absolute Gasteiger partial charge is 0.337 e. The van der Waals surface area contributed by atoms with Gasteiger partial charge in [0.1, 0.15) is 0 Å².